The second kappa shape index (κ2) is 7.62. The van der Waals surface area contributed by atoms with Crippen LogP contribution in [0.15, 0.2) is 21.1 Å². The zero-order valence-electron chi connectivity index (χ0n) is 10.1. The number of hydrogen-bond acceptors (Lipinski definition) is 3. The monoisotopic (exact) mass is 392 g/mol. The Balaban J connectivity index is 0.00000180. The number of hydrogen-bond donors (Lipinski definition) is 3. The minimum absolute atomic E-state index is 0. The van der Waals surface area contributed by atoms with Crippen molar-refractivity contribution in [2.24, 2.45) is 0 Å². The van der Waals surface area contributed by atoms with E-state index in [1.165, 1.54) is 0 Å². The Morgan fingerprint density at radius 3 is 2.47 bits per heavy atom. The maximum absolute atomic E-state index is 9.47. The van der Waals surface area contributed by atoms with Gasteiger partial charge in [0, 0.05) is 21.5 Å². The van der Waals surface area contributed by atoms with Crippen LogP contribution in [0.25, 0.3) is 0 Å². The number of aliphatic hydroxyl groups excluding tert-OH is 1. The first-order valence-electron chi connectivity index (χ1n) is 6.21. The van der Waals surface area contributed by atoms with E-state index in [9.17, 15) is 5.11 Å². The summed E-state index contributed by atoms with van der Waals surface area (Å²) in [5.41, 5.74) is 7.93. The molecule has 1 saturated carbocycles. The summed E-state index contributed by atoms with van der Waals surface area (Å²) in [5, 5.41) is 13.0. The van der Waals surface area contributed by atoms with Crippen molar-refractivity contribution in [1.29, 1.82) is 0 Å². The fraction of sp³-hybridized carbons (Fsp3) is 0.571. The topological polar surface area (TPSA) is 58.3 Å². The normalized spacial score (nSPS) is 22.9. The highest BCUT2D eigenvalue weighted by Gasteiger charge is 2.19. The van der Waals surface area contributed by atoms with Gasteiger partial charge in [-0.05, 0) is 59.3 Å². The molecule has 0 unspecified atom stereocenters. The van der Waals surface area contributed by atoms with Crippen LogP contribution in [0.3, 0.4) is 0 Å². The third-order valence-corrected chi connectivity index (χ3v) is 4.57. The minimum atomic E-state index is -0.104. The molecule has 0 saturated heterocycles. The van der Waals surface area contributed by atoms with Gasteiger partial charge in [0.1, 0.15) is 0 Å². The first-order chi connectivity index (χ1) is 8.56. The fourth-order valence-electron chi connectivity index (χ4n) is 2.32. The van der Waals surface area contributed by atoms with Crippen LogP contribution in [-0.4, -0.2) is 17.3 Å². The quantitative estimate of drug-likeness (QED) is 0.684. The summed E-state index contributed by atoms with van der Waals surface area (Å²) >= 11 is 6.93. The zero-order chi connectivity index (χ0) is 13.1. The van der Waals surface area contributed by atoms with E-state index in [4.69, 9.17) is 5.73 Å². The second-order valence-electron chi connectivity index (χ2n) is 4.85. The summed E-state index contributed by atoms with van der Waals surface area (Å²) in [4.78, 5) is 0. The predicted molar refractivity (Wildman–Crippen MR) is 88.1 cm³/mol. The fourth-order valence-corrected chi connectivity index (χ4v) is 3.63. The second-order valence-corrected chi connectivity index (χ2v) is 6.62. The van der Waals surface area contributed by atoms with Crippen LogP contribution in [0.4, 0.5) is 5.69 Å². The van der Waals surface area contributed by atoms with Gasteiger partial charge in [0.25, 0.3) is 0 Å². The summed E-state index contributed by atoms with van der Waals surface area (Å²) in [6, 6.07) is 4.49. The highest BCUT2D eigenvalue weighted by atomic mass is 79.9. The number of nitrogens with one attached hydrogen (secondary N) is 1. The van der Waals surface area contributed by atoms with Crippen molar-refractivity contribution in [2.75, 3.05) is 5.73 Å². The van der Waals surface area contributed by atoms with Gasteiger partial charge in [0.05, 0.1) is 11.8 Å². The van der Waals surface area contributed by atoms with E-state index in [0.717, 1.165) is 52.4 Å². The first-order valence-corrected chi connectivity index (χ1v) is 7.79. The van der Waals surface area contributed by atoms with Crippen LogP contribution in [-0.2, 0) is 6.54 Å². The SMILES string of the molecule is C.Nc1c(Br)cc(Br)cc1CNC1CCC(O)CC1. The molecule has 0 spiro atoms. The predicted octanol–water partition coefficient (Wildman–Crippen LogP) is 3.82. The molecule has 2 rings (SSSR count). The lowest BCUT2D eigenvalue weighted by Crippen LogP contribution is -2.34. The maximum Gasteiger partial charge on any atom is 0.0541 e. The van der Waals surface area contributed by atoms with Crippen molar-refractivity contribution in [3.8, 4) is 0 Å². The van der Waals surface area contributed by atoms with Gasteiger partial charge in [-0.1, -0.05) is 23.4 Å². The molecule has 0 amide bonds. The van der Waals surface area contributed by atoms with Crippen molar-refractivity contribution in [2.45, 2.75) is 51.8 Å². The van der Waals surface area contributed by atoms with Crippen LogP contribution in [0.1, 0.15) is 38.7 Å². The van der Waals surface area contributed by atoms with Crippen LogP contribution < -0.4 is 11.1 Å². The van der Waals surface area contributed by atoms with E-state index in [0.29, 0.717) is 6.04 Å². The summed E-state index contributed by atoms with van der Waals surface area (Å²) in [5.74, 6) is 0. The number of nitrogens with two attached hydrogens (primary N) is 1. The number of aliphatic hydroxyl groups is 1. The Hall–Kier alpha value is -0.100. The summed E-state index contributed by atoms with van der Waals surface area (Å²) < 4.78 is 1.95. The largest absolute Gasteiger partial charge is 0.398 e. The lowest BCUT2D eigenvalue weighted by molar-refractivity contribution is 0.116. The summed E-state index contributed by atoms with van der Waals surface area (Å²) in [6.07, 6.45) is 3.77. The standard InChI is InChI=1S/C13H18Br2N2O.CH4/c14-9-5-8(13(16)12(15)6-9)7-17-10-1-3-11(18)4-2-10;/h5-6,10-11,17-18H,1-4,7,16H2;1H4. The van der Waals surface area contributed by atoms with E-state index in [2.05, 4.69) is 37.2 Å². The van der Waals surface area contributed by atoms with Crippen molar-refractivity contribution in [1.82, 2.24) is 5.32 Å². The molecule has 4 N–H and O–H groups in total. The third kappa shape index (κ3) is 4.74. The molecule has 0 aliphatic heterocycles. The Morgan fingerprint density at radius 2 is 1.84 bits per heavy atom. The maximum atomic E-state index is 9.47. The molecule has 1 aliphatic carbocycles. The molecule has 0 bridgehead atoms. The molecule has 5 heteroatoms. The first kappa shape index (κ1) is 17.0. The smallest absolute Gasteiger partial charge is 0.0541 e. The molecule has 1 fully saturated rings. The van der Waals surface area contributed by atoms with E-state index < -0.39 is 0 Å². The average molecular weight is 394 g/mol. The summed E-state index contributed by atoms with van der Waals surface area (Å²) in [6.45, 7) is 0.768. The molecule has 19 heavy (non-hydrogen) atoms. The highest BCUT2D eigenvalue weighted by molar-refractivity contribution is 9.11. The zero-order valence-corrected chi connectivity index (χ0v) is 13.3. The van der Waals surface area contributed by atoms with Gasteiger partial charge in [0.2, 0.25) is 0 Å². The molecule has 0 radical (unpaired) electrons. The Kier molecular flexibility index (Phi) is 6.80. The Bertz CT molecular complexity index is 418. The number of rotatable bonds is 3. The highest BCUT2D eigenvalue weighted by Crippen LogP contribution is 2.28. The van der Waals surface area contributed by atoms with Crippen LogP contribution in [0, 0.1) is 0 Å². The minimum Gasteiger partial charge on any atom is -0.398 e. The average Bonchev–Trinajstić information content (AvgIpc) is 2.34. The van der Waals surface area contributed by atoms with Crippen molar-refractivity contribution < 1.29 is 5.11 Å². The van der Waals surface area contributed by atoms with Gasteiger partial charge < -0.3 is 16.2 Å². The van der Waals surface area contributed by atoms with Crippen LogP contribution >= 0.6 is 31.9 Å². The van der Waals surface area contributed by atoms with Crippen molar-refractivity contribution >= 4 is 37.5 Å². The van der Waals surface area contributed by atoms with Gasteiger partial charge in [-0.2, -0.15) is 0 Å². The van der Waals surface area contributed by atoms with E-state index >= 15 is 0 Å². The molecule has 108 valence electrons. The molecule has 0 aromatic heterocycles. The Morgan fingerprint density at radius 1 is 1.21 bits per heavy atom. The molecule has 3 nitrogen and oxygen atoms in total. The lowest BCUT2D eigenvalue weighted by atomic mass is 9.93. The molecule has 1 aromatic rings. The molecule has 0 atom stereocenters. The molecule has 0 heterocycles. The van der Waals surface area contributed by atoms with Crippen molar-refractivity contribution in [3.05, 3.63) is 26.6 Å². The lowest BCUT2D eigenvalue weighted by Gasteiger charge is -2.26. The van der Waals surface area contributed by atoms with Gasteiger partial charge >= 0.3 is 0 Å². The summed E-state index contributed by atoms with van der Waals surface area (Å²) in [7, 11) is 0. The number of halogens is 2. The van der Waals surface area contributed by atoms with Gasteiger partial charge in [0.15, 0.2) is 0 Å². The van der Waals surface area contributed by atoms with Crippen LogP contribution in [0.5, 0.6) is 0 Å². The van der Waals surface area contributed by atoms with Crippen LogP contribution in [0.2, 0.25) is 0 Å². The Labute approximate surface area is 132 Å². The van der Waals surface area contributed by atoms with Gasteiger partial charge in [-0.3, -0.25) is 0 Å². The van der Waals surface area contributed by atoms with E-state index in [1.54, 1.807) is 0 Å². The molecular weight excluding hydrogens is 372 g/mol. The molecule has 1 aliphatic rings. The van der Waals surface area contributed by atoms with Crippen molar-refractivity contribution in [3.63, 3.8) is 0 Å². The molecule has 1 aromatic carbocycles. The van der Waals surface area contributed by atoms with E-state index in [-0.39, 0.29) is 13.5 Å². The van der Waals surface area contributed by atoms with Gasteiger partial charge in [-0.25, -0.2) is 0 Å². The third-order valence-electron chi connectivity index (χ3n) is 3.46. The molecular formula is C14H22Br2N2O. The number of nitrogen functional groups attached to an aromatic ring is 1. The van der Waals surface area contributed by atoms with E-state index in [1.807, 2.05) is 12.1 Å². The van der Waals surface area contributed by atoms with Gasteiger partial charge in [-0.15, -0.1) is 0 Å². The number of benzene rings is 1. The number of anilines is 1.